The molecule has 0 saturated heterocycles. The van der Waals surface area contributed by atoms with Crippen molar-refractivity contribution >= 4 is 0 Å². The van der Waals surface area contributed by atoms with Crippen LogP contribution in [0.3, 0.4) is 0 Å². The molecule has 0 spiro atoms. The second kappa shape index (κ2) is 7.32. The largest absolute Gasteiger partial charge is 0.374 e. The molecule has 0 radical (unpaired) electrons. The minimum atomic E-state index is -0.778. The van der Waals surface area contributed by atoms with Crippen molar-refractivity contribution in [3.05, 3.63) is 35.4 Å². The molecular weight excluding hydrogens is 272 g/mol. The molecule has 4 heteroatoms. The lowest BCUT2D eigenvalue weighted by Gasteiger charge is -2.38. The number of rotatable bonds is 7. The van der Waals surface area contributed by atoms with Gasteiger partial charge < -0.3 is 10.1 Å². The van der Waals surface area contributed by atoms with Crippen molar-refractivity contribution in [2.24, 2.45) is 0 Å². The van der Waals surface area contributed by atoms with Gasteiger partial charge in [0.25, 0.3) is 0 Å². The molecule has 118 valence electrons. The van der Waals surface area contributed by atoms with Gasteiger partial charge in [-0.1, -0.05) is 31.9 Å². The fraction of sp³-hybridized carbons (Fsp3) is 0.647. The van der Waals surface area contributed by atoms with Crippen LogP contribution in [0.2, 0.25) is 0 Å². The van der Waals surface area contributed by atoms with Gasteiger partial charge in [-0.2, -0.15) is 0 Å². The Hall–Kier alpha value is -1.00. The highest BCUT2D eigenvalue weighted by molar-refractivity contribution is 5.21. The van der Waals surface area contributed by atoms with E-state index in [9.17, 15) is 8.78 Å². The third-order valence-electron chi connectivity index (χ3n) is 4.42. The summed E-state index contributed by atoms with van der Waals surface area (Å²) >= 11 is 0. The SMILES string of the molecule is CCNC(Cc1cccc(F)c1F)C1(OCC)CCCC1. The van der Waals surface area contributed by atoms with Crippen LogP contribution in [0.1, 0.15) is 45.1 Å². The normalized spacial score (nSPS) is 18.9. The maximum Gasteiger partial charge on any atom is 0.162 e. The van der Waals surface area contributed by atoms with Crippen LogP contribution in [0, 0.1) is 11.6 Å². The molecule has 1 aromatic carbocycles. The van der Waals surface area contributed by atoms with E-state index < -0.39 is 11.6 Å². The summed E-state index contributed by atoms with van der Waals surface area (Å²) in [6.45, 7) is 5.46. The highest BCUT2D eigenvalue weighted by atomic mass is 19.2. The average molecular weight is 297 g/mol. The van der Waals surface area contributed by atoms with Crippen molar-refractivity contribution in [2.45, 2.75) is 57.6 Å². The first-order valence-electron chi connectivity index (χ1n) is 7.93. The summed E-state index contributed by atoms with van der Waals surface area (Å²) < 4.78 is 33.4. The van der Waals surface area contributed by atoms with Crippen molar-refractivity contribution in [1.82, 2.24) is 5.32 Å². The van der Waals surface area contributed by atoms with E-state index in [1.807, 2.05) is 13.8 Å². The summed E-state index contributed by atoms with van der Waals surface area (Å²) in [5.41, 5.74) is 0.177. The molecule has 2 nitrogen and oxygen atoms in total. The van der Waals surface area contributed by atoms with Crippen molar-refractivity contribution < 1.29 is 13.5 Å². The van der Waals surface area contributed by atoms with Gasteiger partial charge in [0.2, 0.25) is 0 Å². The van der Waals surface area contributed by atoms with Crippen molar-refractivity contribution in [2.75, 3.05) is 13.2 Å². The predicted molar refractivity (Wildman–Crippen MR) is 80.4 cm³/mol. The van der Waals surface area contributed by atoms with Crippen LogP contribution >= 0.6 is 0 Å². The number of nitrogens with one attached hydrogen (secondary N) is 1. The first-order chi connectivity index (χ1) is 10.1. The Morgan fingerprint density at radius 1 is 1.24 bits per heavy atom. The molecule has 21 heavy (non-hydrogen) atoms. The molecule has 1 fully saturated rings. The zero-order valence-electron chi connectivity index (χ0n) is 12.9. The number of hydrogen-bond acceptors (Lipinski definition) is 2. The summed E-state index contributed by atoms with van der Waals surface area (Å²) in [5.74, 6) is -1.51. The zero-order valence-corrected chi connectivity index (χ0v) is 12.9. The van der Waals surface area contributed by atoms with E-state index in [0.29, 0.717) is 18.6 Å². The summed E-state index contributed by atoms with van der Waals surface area (Å²) in [6.07, 6.45) is 4.68. The van der Waals surface area contributed by atoms with Gasteiger partial charge in [-0.3, -0.25) is 0 Å². The molecule has 0 amide bonds. The molecule has 1 unspecified atom stereocenters. The Balaban J connectivity index is 2.23. The number of likely N-dealkylation sites (N-methyl/N-ethyl adjacent to an activating group) is 1. The van der Waals surface area contributed by atoms with E-state index in [-0.39, 0.29) is 11.6 Å². The minimum Gasteiger partial charge on any atom is -0.374 e. The van der Waals surface area contributed by atoms with Crippen LogP contribution < -0.4 is 5.32 Å². The van der Waals surface area contributed by atoms with Gasteiger partial charge in [-0.25, -0.2) is 8.78 Å². The molecule has 0 bridgehead atoms. The minimum absolute atomic E-state index is 0.0150. The lowest BCUT2D eigenvalue weighted by Crippen LogP contribution is -2.52. The van der Waals surface area contributed by atoms with Crippen LogP contribution in [0.25, 0.3) is 0 Å². The van der Waals surface area contributed by atoms with Crippen molar-refractivity contribution in [3.8, 4) is 0 Å². The molecule has 1 atom stereocenters. The first-order valence-corrected chi connectivity index (χ1v) is 7.93. The van der Waals surface area contributed by atoms with Gasteiger partial charge in [0.05, 0.1) is 5.60 Å². The van der Waals surface area contributed by atoms with Gasteiger partial charge in [0.1, 0.15) is 0 Å². The van der Waals surface area contributed by atoms with Gasteiger partial charge in [-0.05, 0) is 44.4 Å². The van der Waals surface area contributed by atoms with Crippen LogP contribution in [0.15, 0.2) is 18.2 Å². The summed E-state index contributed by atoms with van der Waals surface area (Å²) in [6, 6.07) is 4.41. The first kappa shape index (κ1) is 16.4. The smallest absolute Gasteiger partial charge is 0.162 e. The number of ether oxygens (including phenoxy) is 1. The van der Waals surface area contributed by atoms with Crippen LogP contribution in [0.4, 0.5) is 8.78 Å². The average Bonchev–Trinajstić information content (AvgIpc) is 2.93. The molecular formula is C17H25F2NO. The standard InChI is InChI=1S/C17H25F2NO/c1-3-20-15(17(21-4-2)10-5-6-11-17)12-13-8-7-9-14(18)16(13)19/h7-9,15,20H,3-6,10-12H2,1-2H3. The van der Waals surface area contributed by atoms with Gasteiger partial charge in [-0.15, -0.1) is 0 Å². The molecule has 2 rings (SSSR count). The summed E-state index contributed by atoms with van der Waals surface area (Å²) in [5, 5.41) is 3.43. The maximum absolute atomic E-state index is 14.0. The Morgan fingerprint density at radius 3 is 2.57 bits per heavy atom. The van der Waals surface area contributed by atoms with Crippen LogP contribution in [-0.4, -0.2) is 24.8 Å². The third kappa shape index (κ3) is 3.61. The second-order valence-electron chi connectivity index (χ2n) is 5.73. The van der Waals surface area contributed by atoms with E-state index in [2.05, 4.69) is 5.32 Å². The van der Waals surface area contributed by atoms with Crippen LogP contribution in [-0.2, 0) is 11.2 Å². The van der Waals surface area contributed by atoms with E-state index in [1.165, 1.54) is 0 Å². The quantitative estimate of drug-likeness (QED) is 0.826. The molecule has 1 aliphatic carbocycles. The number of benzene rings is 1. The Kier molecular flexibility index (Phi) is 5.71. The Morgan fingerprint density at radius 2 is 1.95 bits per heavy atom. The van der Waals surface area contributed by atoms with Crippen LogP contribution in [0.5, 0.6) is 0 Å². The van der Waals surface area contributed by atoms with E-state index in [4.69, 9.17) is 4.74 Å². The van der Waals surface area contributed by atoms with Gasteiger partial charge in [0, 0.05) is 12.6 Å². The molecule has 1 saturated carbocycles. The van der Waals surface area contributed by atoms with Gasteiger partial charge in [0.15, 0.2) is 11.6 Å². The molecule has 0 aliphatic heterocycles. The Labute approximate surface area is 125 Å². The number of halogens is 2. The summed E-state index contributed by atoms with van der Waals surface area (Å²) in [7, 11) is 0. The topological polar surface area (TPSA) is 21.3 Å². The monoisotopic (exact) mass is 297 g/mol. The second-order valence-corrected chi connectivity index (χ2v) is 5.73. The molecule has 0 aromatic heterocycles. The predicted octanol–water partition coefficient (Wildman–Crippen LogP) is 3.83. The third-order valence-corrected chi connectivity index (χ3v) is 4.42. The molecule has 0 heterocycles. The lowest BCUT2D eigenvalue weighted by atomic mass is 9.87. The highest BCUT2D eigenvalue weighted by Crippen LogP contribution is 2.37. The molecule has 1 N–H and O–H groups in total. The lowest BCUT2D eigenvalue weighted by molar-refractivity contribution is -0.0611. The molecule has 1 aliphatic rings. The van der Waals surface area contributed by atoms with Crippen molar-refractivity contribution in [1.29, 1.82) is 0 Å². The summed E-state index contributed by atoms with van der Waals surface area (Å²) in [4.78, 5) is 0. The Bertz CT molecular complexity index is 458. The van der Waals surface area contributed by atoms with E-state index in [0.717, 1.165) is 38.3 Å². The zero-order chi connectivity index (χ0) is 15.3. The fourth-order valence-electron chi connectivity index (χ4n) is 3.47. The van der Waals surface area contributed by atoms with Gasteiger partial charge >= 0.3 is 0 Å². The number of hydrogen-bond donors (Lipinski definition) is 1. The molecule has 1 aromatic rings. The maximum atomic E-state index is 14.0. The van der Waals surface area contributed by atoms with Crippen molar-refractivity contribution in [3.63, 3.8) is 0 Å². The fourth-order valence-corrected chi connectivity index (χ4v) is 3.47. The van der Waals surface area contributed by atoms with E-state index >= 15 is 0 Å². The van der Waals surface area contributed by atoms with E-state index in [1.54, 1.807) is 12.1 Å². The highest BCUT2D eigenvalue weighted by Gasteiger charge is 2.42.